The van der Waals surface area contributed by atoms with Crippen molar-refractivity contribution >= 4 is 23.7 Å². The smallest absolute Gasteiger partial charge is 0.414 e. The Bertz CT molecular complexity index is 1110. The quantitative estimate of drug-likeness (QED) is 0.602. The number of aromatic hydroxyl groups is 1. The molecule has 1 aliphatic heterocycles. The number of phenols is 1. The van der Waals surface area contributed by atoms with Gasteiger partial charge in [0.2, 0.25) is 5.91 Å². The molecule has 184 valence electrons. The molecule has 2 aromatic rings. The summed E-state index contributed by atoms with van der Waals surface area (Å²) < 4.78 is 5.70. The third-order valence-electron chi connectivity index (χ3n) is 7.36. The predicted molar refractivity (Wildman–Crippen MR) is 128 cm³/mol. The Morgan fingerprint density at radius 3 is 2.43 bits per heavy atom. The number of fused-ring (bicyclic) bond motifs is 2. The first-order chi connectivity index (χ1) is 16.9. The highest BCUT2D eigenvalue weighted by atomic mass is 16.6. The van der Waals surface area contributed by atoms with Crippen LogP contribution in [0.15, 0.2) is 48.5 Å². The second-order valence-electron chi connectivity index (χ2n) is 9.68. The van der Waals surface area contributed by atoms with E-state index in [1.165, 1.54) is 0 Å². The maximum absolute atomic E-state index is 13.4. The Morgan fingerprint density at radius 2 is 1.71 bits per heavy atom. The number of hydrogen-bond acceptors (Lipinski definition) is 5. The third-order valence-corrected chi connectivity index (χ3v) is 7.36. The normalized spacial score (nSPS) is 22.7. The molecule has 2 fully saturated rings. The van der Waals surface area contributed by atoms with Crippen LogP contribution in [0, 0.1) is 5.92 Å². The van der Waals surface area contributed by atoms with Gasteiger partial charge in [-0.1, -0.05) is 36.8 Å². The second-order valence-corrected chi connectivity index (χ2v) is 9.68. The zero-order chi connectivity index (χ0) is 24.5. The van der Waals surface area contributed by atoms with Gasteiger partial charge < -0.3 is 19.8 Å². The third kappa shape index (κ3) is 4.70. The number of nitrogens with zero attached hydrogens (tertiary/aromatic N) is 2. The predicted octanol–water partition coefficient (Wildman–Crippen LogP) is 4.61. The van der Waals surface area contributed by atoms with Gasteiger partial charge in [-0.15, -0.1) is 0 Å². The first-order valence-electron chi connectivity index (χ1n) is 12.3. The lowest BCUT2D eigenvalue weighted by atomic mass is 9.81. The molecule has 35 heavy (non-hydrogen) atoms. The Morgan fingerprint density at radius 1 is 0.971 bits per heavy atom. The Kier molecular flexibility index (Phi) is 6.36. The van der Waals surface area contributed by atoms with E-state index in [0.29, 0.717) is 0 Å². The van der Waals surface area contributed by atoms with Crippen molar-refractivity contribution in [3.63, 3.8) is 0 Å². The first kappa shape index (κ1) is 23.2. The van der Waals surface area contributed by atoms with Crippen molar-refractivity contribution in [2.45, 2.75) is 69.7 Å². The summed E-state index contributed by atoms with van der Waals surface area (Å²) in [6.45, 7) is 0.0977. The molecule has 2 aliphatic carbocycles. The number of carbonyl (C=O) groups excluding carboxylic acids is 2. The fraction of sp³-hybridized carbons (Fsp3) is 0.444. The van der Waals surface area contributed by atoms with Crippen molar-refractivity contribution in [1.29, 1.82) is 0 Å². The fourth-order valence-corrected chi connectivity index (χ4v) is 5.70. The molecule has 8 heteroatoms. The maximum atomic E-state index is 13.4. The SMILES string of the molecule is O=C(O)CCC(=O)N(C1CC1)C1c2ccccc2N(C(=O)OCc2ccc(O)cc2)C2CCCC21. The number of carbonyl (C=O) groups is 3. The fourth-order valence-electron chi connectivity index (χ4n) is 5.70. The maximum Gasteiger partial charge on any atom is 0.414 e. The minimum absolute atomic E-state index is 0.0136. The van der Waals surface area contributed by atoms with Crippen LogP contribution in [0.25, 0.3) is 0 Å². The molecule has 5 rings (SSSR count). The Balaban J connectivity index is 1.44. The van der Waals surface area contributed by atoms with Crippen LogP contribution in [-0.4, -0.2) is 45.2 Å². The summed E-state index contributed by atoms with van der Waals surface area (Å²) >= 11 is 0. The van der Waals surface area contributed by atoms with Crippen molar-refractivity contribution in [3.8, 4) is 5.75 Å². The van der Waals surface area contributed by atoms with Gasteiger partial charge in [-0.25, -0.2) is 4.79 Å². The molecule has 2 amide bonds. The van der Waals surface area contributed by atoms with Gasteiger partial charge in [0.1, 0.15) is 12.4 Å². The number of benzene rings is 2. The zero-order valence-corrected chi connectivity index (χ0v) is 19.5. The van der Waals surface area contributed by atoms with Gasteiger partial charge >= 0.3 is 12.1 Å². The van der Waals surface area contributed by atoms with E-state index in [1.54, 1.807) is 29.2 Å². The average molecular weight is 479 g/mol. The number of carboxylic acid groups (broad SMARTS) is 1. The number of rotatable bonds is 7. The lowest BCUT2D eigenvalue weighted by Gasteiger charge is -2.47. The van der Waals surface area contributed by atoms with E-state index in [9.17, 15) is 19.5 Å². The molecular formula is C27H30N2O6. The number of carboxylic acids is 1. The van der Waals surface area contributed by atoms with Crippen LogP contribution in [0.5, 0.6) is 5.75 Å². The number of ether oxygens (including phenoxy) is 1. The Labute approximate surface area is 204 Å². The van der Waals surface area contributed by atoms with E-state index in [4.69, 9.17) is 9.84 Å². The number of amides is 2. The molecular weight excluding hydrogens is 448 g/mol. The van der Waals surface area contributed by atoms with Gasteiger partial charge in [0.05, 0.1) is 18.2 Å². The Hall–Kier alpha value is -3.55. The van der Waals surface area contributed by atoms with Gasteiger partial charge in [0, 0.05) is 24.4 Å². The number of hydrogen-bond donors (Lipinski definition) is 2. The molecule has 0 aromatic heterocycles. The highest BCUT2D eigenvalue weighted by Crippen LogP contribution is 2.52. The van der Waals surface area contributed by atoms with Crippen LogP contribution in [-0.2, 0) is 20.9 Å². The van der Waals surface area contributed by atoms with Crippen LogP contribution < -0.4 is 4.90 Å². The van der Waals surface area contributed by atoms with E-state index in [1.807, 2.05) is 29.2 Å². The number of para-hydroxylation sites is 1. The molecule has 0 radical (unpaired) electrons. The van der Waals surface area contributed by atoms with Gasteiger partial charge in [0.15, 0.2) is 0 Å². The number of aliphatic carboxylic acids is 1. The van der Waals surface area contributed by atoms with E-state index < -0.39 is 12.1 Å². The van der Waals surface area contributed by atoms with Crippen LogP contribution in [0.3, 0.4) is 0 Å². The molecule has 8 nitrogen and oxygen atoms in total. The van der Waals surface area contributed by atoms with Crippen molar-refractivity contribution < 1.29 is 29.3 Å². The van der Waals surface area contributed by atoms with Crippen molar-refractivity contribution in [1.82, 2.24) is 4.90 Å². The average Bonchev–Trinajstić information content (AvgIpc) is 3.57. The first-order valence-corrected chi connectivity index (χ1v) is 12.3. The molecule has 1 heterocycles. The van der Waals surface area contributed by atoms with E-state index in [2.05, 4.69) is 0 Å². The van der Waals surface area contributed by atoms with E-state index in [0.717, 1.165) is 48.9 Å². The van der Waals surface area contributed by atoms with Crippen molar-refractivity contribution in [2.24, 2.45) is 5.92 Å². The molecule has 2 N–H and O–H groups in total. The summed E-state index contributed by atoms with van der Waals surface area (Å²) in [5, 5.41) is 18.6. The largest absolute Gasteiger partial charge is 0.508 e. The molecule has 3 unspecified atom stereocenters. The van der Waals surface area contributed by atoms with Crippen molar-refractivity contribution in [3.05, 3.63) is 59.7 Å². The molecule has 0 spiro atoms. The minimum atomic E-state index is -0.973. The zero-order valence-electron chi connectivity index (χ0n) is 19.5. The lowest BCUT2D eigenvalue weighted by molar-refractivity contribution is -0.142. The number of anilines is 1. The monoisotopic (exact) mass is 478 g/mol. The van der Waals surface area contributed by atoms with Gasteiger partial charge in [-0.3, -0.25) is 14.5 Å². The van der Waals surface area contributed by atoms with Gasteiger partial charge in [0.25, 0.3) is 0 Å². The lowest BCUT2D eigenvalue weighted by Crippen LogP contribution is -2.53. The standard InChI is InChI=1S/C27H30N2O6/c30-19-12-8-17(9-13-19)16-35-27(34)29-22-6-2-1-4-20(22)26(21-5-3-7-23(21)29)28(18-10-11-18)24(31)14-15-25(32)33/h1-2,4,6,8-9,12-13,18,21,23,26,30H,3,5,7,10-11,14-16H2,(H,32,33). The molecule has 2 aromatic carbocycles. The van der Waals surface area contributed by atoms with Gasteiger partial charge in [-0.2, -0.15) is 0 Å². The summed E-state index contributed by atoms with van der Waals surface area (Å²) in [5.41, 5.74) is 2.46. The summed E-state index contributed by atoms with van der Waals surface area (Å²) in [7, 11) is 0. The van der Waals surface area contributed by atoms with Crippen LogP contribution in [0.2, 0.25) is 0 Å². The molecule has 3 aliphatic rings. The van der Waals surface area contributed by atoms with Gasteiger partial charge in [-0.05, 0) is 55.0 Å². The molecule has 3 atom stereocenters. The van der Waals surface area contributed by atoms with Crippen molar-refractivity contribution in [2.75, 3.05) is 4.90 Å². The molecule has 2 saturated carbocycles. The highest BCUT2D eigenvalue weighted by molar-refractivity contribution is 5.91. The summed E-state index contributed by atoms with van der Waals surface area (Å²) in [5.74, 6) is -0.869. The van der Waals surface area contributed by atoms with E-state index in [-0.39, 0.29) is 55.1 Å². The summed E-state index contributed by atoms with van der Waals surface area (Å²) in [6, 6.07) is 14.1. The topological polar surface area (TPSA) is 107 Å². The second kappa shape index (κ2) is 9.60. The minimum Gasteiger partial charge on any atom is -0.508 e. The van der Waals surface area contributed by atoms with Crippen LogP contribution in [0.4, 0.5) is 10.5 Å². The summed E-state index contributed by atoms with van der Waals surface area (Å²) in [4.78, 5) is 41.5. The highest BCUT2D eigenvalue weighted by Gasteiger charge is 2.51. The molecule has 0 bridgehead atoms. The van der Waals surface area contributed by atoms with E-state index >= 15 is 0 Å². The van der Waals surface area contributed by atoms with Crippen LogP contribution >= 0.6 is 0 Å². The van der Waals surface area contributed by atoms with Crippen LogP contribution in [0.1, 0.15) is 62.1 Å². The molecule has 0 saturated heterocycles. The summed E-state index contributed by atoms with van der Waals surface area (Å²) in [6.07, 6.45) is 3.90. The number of phenolic OH excluding ortho intramolecular Hbond substituents is 1.